The van der Waals surface area contributed by atoms with Crippen molar-refractivity contribution in [1.82, 2.24) is 9.88 Å². The van der Waals surface area contributed by atoms with Gasteiger partial charge in [-0.05, 0) is 45.0 Å². The van der Waals surface area contributed by atoms with E-state index in [-0.39, 0.29) is 11.9 Å². The molecule has 0 saturated heterocycles. The number of nitrogens with two attached hydrogens (primary N) is 1. The van der Waals surface area contributed by atoms with Crippen molar-refractivity contribution in [2.45, 2.75) is 33.4 Å². The normalized spacial score (nSPS) is 12.7. The largest absolute Gasteiger partial charge is 0.398 e. The van der Waals surface area contributed by atoms with E-state index >= 15 is 0 Å². The molecule has 2 aromatic rings. The van der Waals surface area contributed by atoms with Crippen molar-refractivity contribution in [3.8, 4) is 0 Å². The molecule has 1 unspecified atom stereocenters. The van der Waals surface area contributed by atoms with Crippen LogP contribution in [0.25, 0.3) is 0 Å². The van der Waals surface area contributed by atoms with E-state index in [1.807, 2.05) is 40.0 Å². The van der Waals surface area contributed by atoms with E-state index in [0.29, 0.717) is 12.1 Å². The number of nitrogen functional groups attached to an aromatic ring is 1. The maximum atomic E-state index is 13.9. The maximum absolute atomic E-state index is 13.9. The number of hydrogen-bond acceptors (Lipinski definition) is 3. The highest BCUT2D eigenvalue weighted by Gasteiger charge is 2.17. The van der Waals surface area contributed by atoms with Crippen molar-refractivity contribution in [2.24, 2.45) is 0 Å². The first-order valence-corrected chi connectivity index (χ1v) is 7.07. The highest BCUT2D eigenvalue weighted by Crippen LogP contribution is 2.25. The summed E-state index contributed by atoms with van der Waals surface area (Å²) in [5.41, 5.74) is 10.5. The highest BCUT2D eigenvalue weighted by molar-refractivity contribution is 5.53. The lowest BCUT2D eigenvalue weighted by Gasteiger charge is -2.26. The van der Waals surface area contributed by atoms with Gasteiger partial charge in [0.05, 0.1) is 5.69 Å². The molecule has 1 atom stereocenters. The van der Waals surface area contributed by atoms with E-state index in [1.54, 1.807) is 12.3 Å². The Hall–Kier alpha value is -1.94. The van der Waals surface area contributed by atoms with Crippen molar-refractivity contribution in [2.75, 3.05) is 12.8 Å². The van der Waals surface area contributed by atoms with Crippen molar-refractivity contribution in [3.05, 3.63) is 58.7 Å². The fraction of sp³-hybridized carbons (Fsp3) is 0.353. The number of hydrogen-bond donors (Lipinski definition) is 1. The summed E-state index contributed by atoms with van der Waals surface area (Å²) in [6, 6.07) is 6.84. The fourth-order valence-electron chi connectivity index (χ4n) is 2.38. The van der Waals surface area contributed by atoms with Crippen LogP contribution in [0.15, 0.2) is 30.5 Å². The number of aryl methyl sites for hydroxylation is 1. The topological polar surface area (TPSA) is 42.2 Å². The summed E-state index contributed by atoms with van der Waals surface area (Å²) in [4.78, 5) is 6.53. The van der Waals surface area contributed by atoms with Crippen LogP contribution in [-0.2, 0) is 6.54 Å². The van der Waals surface area contributed by atoms with Gasteiger partial charge in [-0.15, -0.1) is 0 Å². The summed E-state index contributed by atoms with van der Waals surface area (Å²) in [5.74, 6) is -0.176. The average Bonchev–Trinajstić information content (AvgIpc) is 2.47. The molecule has 0 aliphatic heterocycles. The molecule has 0 aliphatic rings. The predicted octanol–water partition coefficient (Wildman–Crippen LogP) is 3.61. The number of anilines is 1. The first-order valence-electron chi connectivity index (χ1n) is 7.07. The Labute approximate surface area is 125 Å². The Morgan fingerprint density at radius 3 is 2.62 bits per heavy atom. The van der Waals surface area contributed by atoms with Crippen LogP contribution in [0.1, 0.15) is 35.3 Å². The van der Waals surface area contributed by atoms with Crippen molar-refractivity contribution >= 4 is 5.69 Å². The third-order valence-corrected chi connectivity index (χ3v) is 4.09. The molecule has 1 aromatic heterocycles. The Kier molecular flexibility index (Phi) is 4.58. The molecule has 0 fully saturated rings. The standard InChI is InChI=1S/C17H22FN3/c1-11-9-20-16(12(2)17(11)19)10-21(4)13(3)14-7-5-6-8-15(14)18/h5-9,13H,10H2,1-4H3,(H2,19,20). The van der Waals surface area contributed by atoms with Crippen LogP contribution < -0.4 is 5.73 Å². The van der Waals surface area contributed by atoms with Gasteiger partial charge in [0, 0.05) is 30.0 Å². The minimum atomic E-state index is -0.176. The number of aromatic nitrogens is 1. The SMILES string of the molecule is Cc1cnc(CN(C)C(C)c2ccccc2F)c(C)c1N. The van der Waals surface area contributed by atoms with Crippen LogP contribution >= 0.6 is 0 Å². The maximum Gasteiger partial charge on any atom is 0.127 e. The molecule has 0 radical (unpaired) electrons. The molecular formula is C17H22FN3. The molecule has 21 heavy (non-hydrogen) atoms. The van der Waals surface area contributed by atoms with Crippen LogP contribution in [0.4, 0.5) is 10.1 Å². The Bertz CT molecular complexity index is 640. The summed E-state index contributed by atoms with van der Waals surface area (Å²) in [6.07, 6.45) is 1.79. The monoisotopic (exact) mass is 287 g/mol. The Balaban J connectivity index is 2.20. The lowest BCUT2D eigenvalue weighted by Crippen LogP contribution is -2.24. The molecule has 112 valence electrons. The van der Waals surface area contributed by atoms with E-state index in [2.05, 4.69) is 9.88 Å². The fourth-order valence-corrected chi connectivity index (χ4v) is 2.38. The molecule has 3 nitrogen and oxygen atoms in total. The van der Waals surface area contributed by atoms with E-state index < -0.39 is 0 Å². The van der Waals surface area contributed by atoms with Crippen LogP contribution in [0.2, 0.25) is 0 Å². The lowest BCUT2D eigenvalue weighted by molar-refractivity contribution is 0.244. The van der Waals surface area contributed by atoms with Crippen LogP contribution in [0.5, 0.6) is 0 Å². The van der Waals surface area contributed by atoms with Gasteiger partial charge in [0.25, 0.3) is 0 Å². The third kappa shape index (κ3) is 3.22. The van der Waals surface area contributed by atoms with Gasteiger partial charge in [-0.25, -0.2) is 4.39 Å². The zero-order chi connectivity index (χ0) is 15.6. The van der Waals surface area contributed by atoms with E-state index in [4.69, 9.17) is 5.73 Å². The van der Waals surface area contributed by atoms with Gasteiger partial charge < -0.3 is 5.73 Å². The molecule has 1 heterocycles. The first kappa shape index (κ1) is 15.4. The van der Waals surface area contributed by atoms with Crippen LogP contribution in [-0.4, -0.2) is 16.9 Å². The van der Waals surface area contributed by atoms with Gasteiger partial charge in [0.1, 0.15) is 5.82 Å². The molecule has 1 aromatic carbocycles. The van der Waals surface area contributed by atoms with Crippen molar-refractivity contribution < 1.29 is 4.39 Å². The van der Waals surface area contributed by atoms with Gasteiger partial charge in [-0.1, -0.05) is 18.2 Å². The van der Waals surface area contributed by atoms with E-state index in [9.17, 15) is 4.39 Å². The predicted molar refractivity (Wildman–Crippen MR) is 84.4 cm³/mol. The third-order valence-electron chi connectivity index (χ3n) is 4.09. The van der Waals surface area contributed by atoms with Crippen molar-refractivity contribution in [1.29, 1.82) is 0 Å². The molecule has 2 rings (SSSR count). The zero-order valence-electron chi connectivity index (χ0n) is 13.0. The number of nitrogens with zero attached hydrogens (tertiary/aromatic N) is 2. The summed E-state index contributed by atoms with van der Waals surface area (Å²) < 4.78 is 13.9. The second-order valence-electron chi connectivity index (χ2n) is 5.54. The molecule has 4 heteroatoms. The molecule has 0 aliphatic carbocycles. The molecule has 0 bridgehead atoms. The summed E-state index contributed by atoms with van der Waals surface area (Å²) in [6.45, 7) is 6.55. The van der Waals surface area contributed by atoms with Crippen LogP contribution in [0, 0.1) is 19.7 Å². The molecule has 0 spiro atoms. The van der Waals surface area contributed by atoms with Gasteiger partial charge in [0.15, 0.2) is 0 Å². The smallest absolute Gasteiger partial charge is 0.127 e. The van der Waals surface area contributed by atoms with Gasteiger partial charge in [0.2, 0.25) is 0 Å². The quantitative estimate of drug-likeness (QED) is 0.934. The molecule has 0 saturated carbocycles. The summed E-state index contributed by atoms with van der Waals surface area (Å²) in [7, 11) is 1.97. The Morgan fingerprint density at radius 2 is 1.95 bits per heavy atom. The number of rotatable bonds is 4. The lowest BCUT2D eigenvalue weighted by atomic mass is 10.1. The summed E-state index contributed by atoms with van der Waals surface area (Å²) >= 11 is 0. The first-order chi connectivity index (χ1) is 9.91. The van der Waals surface area contributed by atoms with Gasteiger partial charge in [-0.3, -0.25) is 9.88 Å². The molecule has 2 N–H and O–H groups in total. The molecular weight excluding hydrogens is 265 g/mol. The number of pyridine rings is 1. The highest BCUT2D eigenvalue weighted by atomic mass is 19.1. The second kappa shape index (κ2) is 6.22. The van der Waals surface area contributed by atoms with Crippen LogP contribution in [0.3, 0.4) is 0 Å². The summed E-state index contributed by atoms with van der Waals surface area (Å²) in [5, 5.41) is 0. The van der Waals surface area contributed by atoms with Gasteiger partial charge >= 0.3 is 0 Å². The average molecular weight is 287 g/mol. The van der Waals surface area contributed by atoms with E-state index in [0.717, 1.165) is 22.5 Å². The minimum absolute atomic E-state index is 0.0325. The van der Waals surface area contributed by atoms with Crippen molar-refractivity contribution in [3.63, 3.8) is 0 Å². The zero-order valence-corrected chi connectivity index (χ0v) is 13.0. The van der Waals surface area contributed by atoms with E-state index in [1.165, 1.54) is 6.07 Å². The molecule has 0 amide bonds. The number of halogens is 1. The Morgan fingerprint density at radius 1 is 1.29 bits per heavy atom. The second-order valence-corrected chi connectivity index (χ2v) is 5.54. The minimum Gasteiger partial charge on any atom is -0.398 e. The number of benzene rings is 1. The van der Waals surface area contributed by atoms with Gasteiger partial charge in [-0.2, -0.15) is 0 Å².